The molecule has 0 bridgehead atoms. The number of halogens is 1. The Balaban J connectivity index is 0.00000128. The highest BCUT2D eigenvalue weighted by molar-refractivity contribution is 5.85. The Bertz CT molecular complexity index is 428. The molecule has 0 amide bonds. The summed E-state index contributed by atoms with van der Waals surface area (Å²) in [6.45, 7) is 0.596. The molecule has 0 unspecified atom stereocenters. The van der Waals surface area contributed by atoms with E-state index in [9.17, 15) is 4.79 Å². The van der Waals surface area contributed by atoms with E-state index in [0.29, 0.717) is 18.1 Å². The van der Waals surface area contributed by atoms with Gasteiger partial charge < -0.3 is 5.32 Å². The number of nitrogens with one attached hydrogen (secondary N) is 2. The molecule has 0 aliphatic heterocycles. The van der Waals surface area contributed by atoms with Gasteiger partial charge in [-0.1, -0.05) is 29.4 Å². The van der Waals surface area contributed by atoms with Crippen LogP contribution < -0.4 is 5.32 Å². The van der Waals surface area contributed by atoms with E-state index >= 15 is 0 Å². The number of anilines is 1. The normalized spacial score (nSPS) is 9.25. The molecule has 2 rings (SSSR count). The smallest absolute Gasteiger partial charge is 0.263 e. The quantitative estimate of drug-likeness (QED) is 0.779. The van der Waals surface area contributed by atoms with Crippen LogP contribution in [0.3, 0.4) is 0 Å². The highest BCUT2D eigenvalue weighted by atomic mass is 35.5. The fourth-order valence-corrected chi connectivity index (χ4v) is 1.13. The van der Waals surface area contributed by atoms with Gasteiger partial charge >= 0.3 is 0 Å². The molecule has 2 aromatic rings. The van der Waals surface area contributed by atoms with Crippen LogP contribution in [-0.2, 0) is 6.54 Å². The van der Waals surface area contributed by atoms with Crippen molar-refractivity contribution in [3.63, 3.8) is 0 Å². The average molecular weight is 240 g/mol. The molecule has 1 aromatic heterocycles. The Kier molecular flexibility index (Phi) is 4.41. The summed E-state index contributed by atoms with van der Waals surface area (Å²) in [4.78, 5) is 10.4. The molecule has 0 atom stereocenters. The van der Waals surface area contributed by atoms with Gasteiger partial charge in [-0.25, -0.2) is 0 Å². The number of hydrogen-bond donors (Lipinski definition) is 2. The summed E-state index contributed by atoms with van der Waals surface area (Å²) in [6.07, 6.45) is 0.816. The van der Waals surface area contributed by atoms with E-state index in [1.165, 1.54) is 0 Å². The summed E-state index contributed by atoms with van der Waals surface area (Å²) in [7, 11) is 0. The van der Waals surface area contributed by atoms with Crippen LogP contribution in [0.15, 0.2) is 24.3 Å². The minimum Gasteiger partial charge on any atom is -0.348 e. The van der Waals surface area contributed by atoms with Gasteiger partial charge in [-0.3, -0.25) is 4.79 Å². The van der Waals surface area contributed by atoms with Gasteiger partial charge in [0.2, 0.25) is 0 Å². The van der Waals surface area contributed by atoms with E-state index < -0.39 is 0 Å². The number of carbonyl (C=O) groups excluding carboxylic acids is 1. The van der Waals surface area contributed by atoms with Gasteiger partial charge in [-0.2, -0.15) is 5.21 Å². The maximum Gasteiger partial charge on any atom is 0.263 e. The first-order chi connectivity index (χ1) is 7.38. The van der Waals surface area contributed by atoms with Crippen LogP contribution in [0.4, 0.5) is 5.95 Å². The summed E-state index contributed by atoms with van der Waals surface area (Å²) in [5.74, 6) is 0.453. The highest BCUT2D eigenvalue weighted by Gasteiger charge is 1.97. The molecule has 16 heavy (non-hydrogen) atoms. The van der Waals surface area contributed by atoms with Crippen molar-refractivity contribution in [2.75, 3.05) is 5.32 Å². The first kappa shape index (κ1) is 12.1. The first-order valence-corrected chi connectivity index (χ1v) is 4.40. The lowest BCUT2D eigenvalue weighted by atomic mass is 10.1. The molecule has 0 spiro atoms. The summed E-state index contributed by atoms with van der Waals surface area (Å²) in [6, 6.07) is 7.27. The number of benzene rings is 1. The summed E-state index contributed by atoms with van der Waals surface area (Å²) in [5.41, 5.74) is 1.71. The van der Waals surface area contributed by atoms with Crippen LogP contribution in [0.1, 0.15) is 15.9 Å². The third-order valence-electron chi connectivity index (χ3n) is 1.91. The Morgan fingerprint density at radius 3 is 2.62 bits per heavy atom. The van der Waals surface area contributed by atoms with Gasteiger partial charge in [0.15, 0.2) is 0 Å². The number of H-pyrrole nitrogens is 1. The van der Waals surface area contributed by atoms with Crippen molar-refractivity contribution in [2.45, 2.75) is 6.54 Å². The zero-order valence-electron chi connectivity index (χ0n) is 8.25. The van der Waals surface area contributed by atoms with E-state index in [1.807, 2.05) is 12.1 Å². The fraction of sp³-hybridized carbons (Fsp3) is 0.111. The maximum absolute atomic E-state index is 10.4. The third-order valence-corrected chi connectivity index (χ3v) is 1.91. The zero-order chi connectivity index (χ0) is 10.5. The molecule has 7 heteroatoms. The Hall–Kier alpha value is -1.95. The Morgan fingerprint density at radius 2 is 2.06 bits per heavy atom. The minimum absolute atomic E-state index is 0. The molecular formula is C9H10ClN5O. The number of rotatable bonds is 4. The number of hydrogen-bond acceptors (Lipinski definition) is 5. The second kappa shape index (κ2) is 5.82. The van der Waals surface area contributed by atoms with E-state index in [2.05, 4.69) is 25.9 Å². The van der Waals surface area contributed by atoms with Crippen molar-refractivity contribution in [1.29, 1.82) is 0 Å². The molecule has 0 fully saturated rings. The second-order valence-corrected chi connectivity index (χ2v) is 2.95. The van der Waals surface area contributed by atoms with Crippen molar-refractivity contribution >= 4 is 24.6 Å². The van der Waals surface area contributed by atoms with Crippen LogP contribution >= 0.6 is 12.4 Å². The van der Waals surface area contributed by atoms with Gasteiger partial charge in [-0.05, 0) is 10.8 Å². The first-order valence-electron chi connectivity index (χ1n) is 4.40. The van der Waals surface area contributed by atoms with Crippen LogP contribution in [-0.4, -0.2) is 26.9 Å². The summed E-state index contributed by atoms with van der Waals surface area (Å²) >= 11 is 0. The van der Waals surface area contributed by atoms with Crippen molar-refractivity contribution < 1.29 is 4.79 Å². The molecule has 84 valence electrons. The number of nitrogens with zero attached hydrogens (tertiary/aromatic N) is 3. The van der Waals surface area contributed by atoms with E-state index in [0.717, 1.165) is 11.8 Å². The summed E-state index contributed by atoms with van der Waals surface area (Å²) < 4.78 is 0. The number of aldehydes is 1. The minimum atomic E-state index is 0. The van der Waals surface area contributed by atoms with Gasteiger partial charge in [0.25, 0.3) is 5.95 Å². The predicted octanol–water partition coefficient (Wildman–Crippen LogP) is 1.05. The Labute approximate surface area is 97.9 Å². The molecule has 1 aromatic carbocycles. The lowest BCUT2D eigenvalue weighted by molar-refractivity contribution is 0.112. The van der Waals surface area contributed by atoms with Crippen LogP contribution in [0, 0.1) is 0 Å². The topological polar surface area (TPSA) is 83.6 Å². The highest BCUT2D eigenvalue weighted by Crippen LogP contribution is 2.04. The van der Waals surface area contributed by atoms with Crippen molar-refractivity contribution in [3.8, 4) is 0 Å². The predicted molar refractivity (Wildman–Crippen MR) is 60.6 cm³/mol. The van der Waals surface area contributed by atoms with Gasteiger partial charge in [0, 0.05) is 12.1 Å². The molecule has 2 N–H and O–H groups in total. The number of tetrazole rings is 1. The Morgan fingerprint density at radius 1 is 1.31 bits per heavy atom. The van der Waals surface area contributed by atoms with Crippen molar-refractivity contribution in [2.24, 2.45) is 0 Å². The van der Waals surface area contributed by atoms with Crippen LogP contribution in [0.5, 0.6) is 0 Å². The standard InChI is InChI=1S/C9H9N5O.ClH/c15-6-8-3-1-7(2-4-8)5-10-9-11-13-14-12-9;/h1-4,6H,5H2,(H2,10,11,12,13,14);1H. The molecule has 0 saturated heterocycles. The third kappa shape index (κ3) is 3.03. The number of carbonyl (C=O) groups is 1. The molecule has 0 radical (unpaired) electrons. The lowest BCUT2D eigenvalue weighted by Crippen LogP contribution is -2.01. The van der Waals surface area contributed by atoms with Gasteiger partial charge in [0.1, 0.15) is 6.29 Å². The van der Waals surface area contributed by atoms with E-state index in [4.69, 9.17) is 0 Å². The molecule has 1 heterocycles. The average Bonchev–Trinajstić information content (AvgIpc) is 2.80. The molecule has 6 nitrogen and oxygen atoms in total. The van der Waals surface area contributed by atoms with Crippen LogP contribution in [0.25, 0.3) is 0 Å². The van der Waals surface area contributed by atoms with E-state index in [1.54, 1.807) is 12.1 Å². The van der Waals surface area contributed by atoms with Crippen molar-refractivity contribution in [1.82, 2.24) is 20.6 Å². The lowest BCUT2D eigenvalue weighted by Gasteiger charge is -2.01. The number of aromatic amines is 1. The molecule has 0 saturated carbocycles. The monoisotopic (exact) mass is 239 g/mol. The van der Waals surface area contributed by atoms with E-state index in [-0.39, 0.29) is 12.4 Å². The van der Waals surface area contributed by atoms with Gasteiger partial charge in [-0.15, -0.1) is 17.5 Å². The van der Waals surface area contributed by atoms with Crippen LogP contribution in [0.2, 0.25) is 0 Å². The molecule has 0 aliphatic carbocycles. The molecular weight excluding hydrogens is 230 g/mol. The van der Waals surface area contributed by atoms with Crippen molar-refractivity contribution in [3.05, 3.63) is 35.4 Å². The second-order valence-electron chi connectivity index (χ2n) is 2.95. The summed E-state index contributed by atoms with van der Waals surface area (Å²) in [5, 5.41) is 16.2. The SMILES string of the molecule is Cl.O=Cc1ccc(CNc2nn[nH]n2)cc1. The number of aromatic nitrogens is 4. The maximum atomic E-state index is 10.4. The zero-order valence-corrected chi connectivity index (χ0v) is 9.07. The fourth-order valence-electron chi connectivity index (χ4n) is 1.13. The van der Waals surface area contributed by atoms with Gasteiger partial charge in [0.05, 0.1) is 0 Å². The largest absolute Gasteiger partial charge is 0.348 e. The molecule has 0 aliphatic rings.